The molecule has 0 amide bonds. The molecule has 0 atom stereocenters. The van der Waals surface area contributed by atoms with E-state index >= 15 is 0 Å². The molecule has 0 aromatic heterocycles. The van der Waals surface area contributed by atoms with Gasteiger partial charge in [-0.2, -0.15) is 0 Å². The Morgan fingerprint density at radius 2 is 1.88 bits per heavy atom. The van der Waals surface area contributed by atoms with Gasteiger partial charge >= 0.3 is 0 Å². The first-order chi connectivity index (χ1) is 7.67. The molecule has 0 aliphatic carbocycles. The fourth-order valence-corrected chi connectivity index (χ4v) is 1.44. The SMILES string of the molecule is C=C/C=C(\C=C)Cc1ccc(C(C)=O)cc1. The van der Waals surface area contributed by atoms with E-state index < -0.39 is 0 Å². The van der Waals surface area contributed by atoms with Crippen LogP contribution in [0.2, 0.25) is 0 Å². The van der Waals surface area contributed by atoms with Crippen molar-refractivity contribution in [2.24, 2.45) is 0 Å². The Kier molecular flexibility index (Phi) is 4.46. The zero-order valence-corrected chi connectivity index (χ0v) is 9.57. The van der Waals surface area contributed by atoms with Crippen molar-refractivity contribution >= 4 is 5.78 Å². The fraction of sp³-hybridized carbons (Fsp3) is 0.133. The molecule has 0 N–H and O–H groups in total. The topological polar surface area (TPSA) is 17.1 Å². The third-order valence-corrected chi connectivity index (χ3v) is 2.36. The van der Waals surface area contributed by atoms with E-state index in [1.165, 1.54) is 0 Å². The zero-order chi connectivity index (χ0) is 12.0. The molecule has 0 heterocycles. The first-order valence-corrected chi connectivity index (χ1v) is 5.21. The minimum Gasteiger partial charge on any atom is -0.295 e. The monoisotopic (exact) mass is 212 g/mol. The van der Waals surface area contributed by atoms with Crippen LogP contribution in [0.3, 0.4) is 0 Å². The summed E-state index contributed by atoms with van der Waals surface area (Å²) in [6, 6.07) is 7.65. The lowest BCUT2D eigenvalue weighted by atomic mass is 10.0. The predicted molar refractivity (Wildman–Crippen MR) is 68.6 cm³/mol. The summed E-state index contributed by atoms with van der Waals surface area (Å²) in [5.41, 5.74) is 3.03. The average molecular weight is 212 g/mol. The van der Waals surface area contributed by atoms with Crippen LogP contribution in [0.25, 0.3) is 0 Å². The molecule has 0 saturated carbocycles. The summed E-state index contributed by atoms with van der Waals surface area (Å²) in [6.45, 7) is 8.98. The van der Waals surface area contributed by atoms with Crippen LogP contribution in [-0.2, 0) is 6.42 Å². The normalized spacial score (nSPS) is 10.9. The second-order valence-electron chi connectivity index (χ2n) is 3.61. The van der Waals surface area contributed by atoms with Crippen LogP contribution in [0.4, 0.5) is 0 Å². The molecule has 0 bridgehead atoms. The predicted octanol–water partition coefficient (Wildman–Crippen LogP) is 3.73. The van der Waals surface area contributed by atoms with Crippen molar-refractivity contribution in [2.45, 2.75) is 13.3 Å². The Morgan fingerprint density at radius 3 is 2.31 bits per heavy atom. The molecular weight excluding hydrogens is 196 g/mol. The van der Waals surface area contributed by atoms with Gasteiger partial charge in [0.25, 0.3) is 0 Å². The van der Waals surface area contributed by atoms with Gasteiger partial charge in [-0.15, -0.1) is 0 Å². The highest BCUT2D eigenvalue weighted by Crippen LogP contribution is 2.11. The first-order valence-electron chi connectivity index (χ1n) is 5.21. The molecular formula is C15H16O. The van der Waals surface area contributed by atoms with Crippen LogP contribution < -0.4 is 0 Å². The van der Waals surface area contributed by atoms with E-state index in [2.05, 4.69) is 13.2 Å². The summed E-state index contributed by atoms with van der Waals surface area (Å²) in [7, 11) is 0. The first kappa shape index (κ1) is 12.2. The smallest absolute Gasteiger partial charge is 0.159 e. The van der Waals surface area contributed by atoms with E-state index in [1.54, 1.807) is 13.0 Å². The van der Waals surface area contributed by atoms with Crippen LogP contribution in [-0.4, -0.2) is 5.78 Å². The molecule has 0 aliphatic heterocycles. The number of carbonyl (C=O) groups is 1. The van der Waals surface area contributed by atoms with Gasteiger partial charge in [-0.05, 0) is 24.5 Å². The Hall–Kier alpha value is -1.89. The van der Waals surface area contributed by atoms with E-state index in [0.717, 1.165) is 23.1 Å². The summed E-state index contributed by atoms with van der Waals surface area (Å²) in [4.78, 5) is 11.1. The minimum atomic E-state index is 0.0946. The molecule has 16 heavy (non-hydrogen) atoms. The summed E-state index contributed by atoms with van der Waals surface area (Å²) in [6.07, 6.45) is 6.32. The number of rotatable bonds is 5. The van der Waals surface area contributed by atoms with Crippen LogP contribution in [0.15, 0.2) is 61.2 Å². The summed E-state index contributed by atoms with van der Waals surface area (Å²) in [5, 5.41) is 0. The van der Waals surface area contributed by atoms with Crippen molar-refractivity contribution in [2.75, 3.05) is 0 Å². The van der Waals surface area contributed by atoms with Crippen molar-refractivity contribution in [3.63, 3.8) is 0 Å². The number of allylic oxidation sites excluding steroid dienone is 4. The summed E-state index contributed by atoms with van der Waals surface area (Å²) < 4.78 is 0. The van der Waals surface area contributed by atoms with Gasteiger partial charge in [0.15, 0.2) is 5.78 Å². The standard InChI is InChI=1S/C15H16O/c1-4-6-13(5-2)11-14-7-9-15(10-8-14)12(3)16/h4-10H,1-2,11H2,3H3/b13-6+. The fourth-order valence-electron chi connectivity index (χ4n) is 1.44. The quantitative estimate of drug-likeness (QED) is 0.537. The number of hydrogen-bond donors (Lipinski definition) is 0. The third kappa shape index (κ3) is 3.35. The van der Waals surface area contributed by atoms with Gasteiger partial charge in [0.1, 0.15) is 0 Å². The van der Waals surface area contributed by atoms with Crippen LogP contribution in [0.5, 0.6) is 0 Å². The van der Waals surface area contributed by atoms with Crippen LogP contribution in [0.1, 0.15) is 22.8 Å². The molecule has 0 aliphatic rings. The minimum absolute atomic E-state index is 0.0946. The van der Waals surface area contributed by atoms with Crippen molar-refractivity contribution in [1.82, 2.24) is 0 Å². The van der Waals surface area contributed by atoms with Crippen molar-refractivity contribution in [3.05, 3.63) is 72.4 Å². The Morgan fingerprint density at radius 1 is 1.25 bits per heavy atom. The van der Waals surface area contributed by atoms with Crippen LogP contribution in [0, 0.1) is 0 Å². The van der Waals surface area contributed by atoms with Gasteiger partial charge in [-0.25, -0.2) is 0 Å². The van der Waals surface area contributed by atoms with Gasteiger partial charge in [-0.3, -0.25) is 4.79 Å². The van der Waals surface area contributed by atoms with E-state index in [9.17, 15) is 4.79 Å². The molecule has 0 fully saturated rings. The molecule has 1 aromatic carbocycles. The maximum absolute atomic E-state index is 11.1. The van der Waals surface area contributed by atoms with E-state index in [4.69, 9.17) is 0 Å². The van der Waals surface area contributed by atoms with Gasteiger partial charge in [0, 0.05) is 5.56 Å². The molecule has 0 radical (unpaired) electrons. The molecule has 1 heteroatoms. The number of carbonyl (C=O) groups excluding carboxylic acids is 1. The zero-order valence-electron chi connectivity index (χ0n) is 9.57. The molecule has 1 rings (SSSR count). The third-order valence-electron chi connectivity index (χ3n) is 2.36. The molecule has 1 aromatic rings. The van der Waals surface area contributed by atoms with Crippen LogP contribution >= 0.6 is 0 Å². The lowest BCUT2D eigenvalue weighted by Crippen LogP contribution is -1.93. The van der Waals surface area contributed by atoms with Gasteiger partial charge in [-0.1, -0.05) is 55.7 Å². The van der Waals surface area contributed by atoms with E-state index in [-0.39, 0.29) is 5.78 Å². The Balaban J connectivity index is 2.82. The highest BCUT2D eigenvalue weighted by molar-refractivity contribution is 5.94. The highest BCUT2D eigenvalue weighted by Gasteiger charge is 1.99. The molecule has 0 unspecified atom stereocenters. The van der Waals surface area contributed by atoms with Crippen molar-refractivity contribution < 1.29 is 4.79 Å². The second kappa shape index (κ2) is 5.86. The second-order valence-corrected chi connectivity index (χ2v) is 3.61. The molecule has 0 spiro atoms. The molecule has 1 nitrogen and oxygen atoms in total. The summed E-state index contributed by atoms with van der Waals surface area (Å²) >= 11 is 0. The Labute approximate surface area is 96.8 Å². The van der Waals surface area contributed by atoms with Gasteiger partial charge in [0.2, 0.25) is 0 Å². The highest BCUT2D eigenvalue weighted by atomic mass is 16.1. The number of Topliss-reactive ketones (excluding diaryl/α,β-unsaturated/α-hetero) is 1. The average Bonchev–Trinajstić information content (AvgIpc) is 2.29. The molecule has 82 valence electrons. The number of hydrogen-bond acceptors (Lipinski definition) is 1. The maximum atomic E-state index is 11.1. The molecule has 0 saturated heterocycles. The Bertz CT molecular complexity index is 421. The van der Waals surface area contributed by atoms with E-state index in [0.29, 0.717) is 0 Å². The lowest BCUT2D eigenvalue weighted by Gasteiger charge is -2.03. The van der Waals surface area contributed by atoms with Gasteiger partial charge in [0.05, 0.1) is 0 Å². The van der Waals surface area contributed by atoms with Crippen molar-refractivity contribution in [3.8, 4) is 0 Å². The maximum Gasteiger partial charge on any atom is 0.159 e. The van der Waals surface area contributed by atoms with Crippen molar-refractivity contribution in [1.29, 1.82) is 0 Å². The summed E-state index contributed by atoms with van der Waals surface area (Å²) in [5.74, 6) is 0.0946. The van der Waals surface area contributed by atoms with E-state index in [1.807, 2.05) is 36.4 Å². The number of benzene rings is 1. The van der Waals surface area contributed by atoms with Gasteiger partial charge < -0.3 is 0 Å². The lowest BCUT2D eigenvalue weighted by molar-refractivity contribution is 0.101. The largest absolute Gasteiger partial charge is 0.295 e. The number of ketones is 1.